The van der Waals surface area contributed by atoms with Crippen LogP contribution in [0.2, 0.25) is 0 Å². The first kappa shape index (κ1) is 15.7. The van der Waals surface area contributed by atoms with Crippen molar-refractivity contribution in [2.75, 3.05) is 31.5 Å². The Kier molecular flexibility index (Phi) is 5.95. The molecule has 3 N–H and O–H groups in total. The number of carbonyl (C=O) groups excluding carboxylic acids is 1. The summed E-state index contributed by atoms with van der Waals surface area (Å²) in [7, 11) is 0. The van der Waals surface area contributed by atoms with Gasteiger partial charge in [-0.3, -0.25) is 4.98 Å². The van der Waals surface area contributed by atoms with Crippen LogP contribution in [0, 0.1) is 5.92 Å². The number of hydrogen-bond acceptors (Lipinski definition) is 4. The molecule has 116 valence electrons. The van der Waals surface area contributed by atoms with Gasteiger partial charge in [-0.1, -0.05) is 6.92 Å². The molecule has 1 fully saturated rings. The van der Waals surface area contributed by atoms with Crippen molar-refractivity contribution in [3.8, 4) is 0 Å². The highest BCUT2D eigenvalue weighted by Gasteiger charge is 2.18. The molecule has 0 aliphatic carbocycles. The molecule has 2 heterocycles. The fourth-order valence-electron chi connectivity index (χ4n) is 2.43. The quantitative estimate of drug-likeness (QED) is 0.764. The lowest BCUT2D eigenvalue weighted by Crippen LogP contribution is -2.43. The van der Waals surface area contributed by atoms with E-state index in [0.717, 1.165) is 19.0 Å². The first-order chi connectivity index (χ1) is 10.1. The number of urea groups is 1. The minimum atomic E-state index is -0.543. The lowest BCUT2D eigenvalue weighted by Gasteiger charge is -2.31. The number of rotatable bonds is 5. The van der Waals surface area contributed by atoms with Crippen molar-refractivity contribution in [2.24, 2.45) is 5.92 Å². The number of aromatic nitrogens is 1. The van der Waals surface area contributed by atoms with E-state index in [-0.39, 0.29) is 12.6 Å². The van der Waals surface area contributed by atoms with Crippen molar-refractivity contribution in [1.29, 1.82) is 0 Å². The molecule has 0 saturated carbocycles. The van der Waals surface area contributed by atoms with E-state index < -0.39 is 6.10 Å². The Morgan fingerprint density at radius 1 is 1.52 bits per heavy atom. The van der Waals surface area contributed by atoms with Gasteiger partial charge in [-0.2, -0.15) is 0 Å². The molecular weight excluding hydrogens is 268 g/mol. The molecule has 6 heteroatoms. The first-order valence-electron chi connectivity index (χ1n) is 7.49. The average molecular weight is 292 g/mol. The largest absolute Gasteiger partial charge is 0.390 e. The van der Waals surface area contributed by atoms with Gasteiger partial charge in [-0.15, -0.1) is 0 Å². The molecule has 0 unspecified atom stereocenters. The second-order valence-corrected chi connectivity index (χ2v) is 5.71. The molecule has 1 atom stereocenters. The van der Waals surface area contributed by atoms with Gasteiger partial charge in [-0.25, -0.2) is 4.79 Å². The summed E-state index contributed by atoms with van der Waals surface area (Å²) >= 11 is 0. The number of piperidine rings is 1. The number of carbonyl (C=O) groups is 1. The highest BCUT2D eigenvalue weighted by atomic mass is 16.3. The SMILES string of the molecule is CC1CCN(C[C@H](O)CNC(=O)Nc2cccnc2)CC1. The van der Waals surface area contributed by atoms with Crippen molar-refractivity contribution in [3.63, 3.8) is 0 Å². The van der Waals surface area contributed by atoms with Crippen LogP contribution in [0.4, 0.5) is 10.5 Å². The number of nitrogens with zero attached hydrogens (tertiary/aromatic N) is 2. The summed E-state index contributed by atoms with van der Waals surface area (Å²) in [5.74, 6) is 0.779. The fourth-order valence-corrected chi connectivity index (χ4v) is 2.43. The molecule has 1 aliphatic rings. The minimum absolute atomic E-state index is 0.248. The summed E-state index contributed by atoms with van der Waals surface area (Å²) in [4.78, 5) is 17.9. The van der Waals surface area contributed by atoms with E-state index in [0.29, 0.717) is 12.2 Å². The molecular formula is C15H24N4O2. The maximum atomic E-state index is 11.7. The van der Waals surface area contributed by atoms with Gasteiger partial charge < -0.3 is 20.6 Å². The van der Waals surface area contributed by atoms with E-state index in [1.165, 1.54) is 12.8 Å². The Balaban J connectivity index is 1.64. The Bertz CT molecular complexity index is 433. The van der Waals surface area contributed by atoms with Crippen molar-refractivity contribution in [1.82, 2.24) is 15.2 Å². The predicted octanol–water partition coefficient (Wildman–Crippen LogP) is 1.30. The third-order valence-electron chi connectivity index (χ3n) is 3.76. The number of pyridine rings is 1. The van der Waals surface area contributed by atoms with Gasteiger partial charge in [0, 0.05) is 19.3 Å². The summed E-state index contributed by atoms with van der Waals surface area (Å²) in [6.45, 7) is 5.18. The second kappa shape index (κ2) is 7.95. The average Bonchev–Trinajstić information content (AvgIpc) is 2.49. The van der Waals surface area contributed by atoms with Crippen LogP contribution >= 0.6 is 0 Å². The van der Waals surface area contributed by atoms with Crippen LogP contribution < -0.4 is 10.6 Å². The zero-order valence-corrected chi connectivity index (χ0v) is 12.5. The van der Waals surface area contributed by atoms with Crippen LogP contribution in [0.25, 0.3) is 0 Å². The summed E-state index contributed by atoms with van der Waals surface area (Å²) in [6, 6.07) is 3.19. The van der Waals surface area contributed by atoms with Gasteiger partial charge in [0.25, 0.3) is 0 Å². The van der Waals surface area contributed by atoms with E-state index in [1.54, 1.807) is 24.5 Å². The molecule has 1 aliphatic heterocycles. The standard InChI is InChI=1S/C15H24N4O2/c1-12-4-7-19(8-5-12)11-14(20)10-17-15(21)18-13-3-2-6-16-9-13/h2-3,6,9,12,14,20H,4-5,7-8,10-11H2,1H3,(H2,17,18,21)/t14-/m1/s1. The molecule has 2 amide bonds. The van der Waals surface area contributed by atoms with Crippen LogP contribution in [0.15, 0.2) is 24.5 Å². The molecule has 6 nitrogen and oxygen atoms in total. The molecule has 1 saturated heterocycles. The molecule has 0 aromatic carbocycles. The summed E-state index contributed by atoms with van der Waals surface area (Å²) < 4.78 is 0. The first-order valence-corrected chi connectivity index (χ1v) is 7.49. The van der Waals surface area contributed by atoms with E-state index in [4.69, 9.17) is 0 Å². The summed E-state index contributed by atoms with van der Waals surface area (Å²) in [5, 5.41) is 15.3. The van der Waals surface area contributed by atoms with Gasteiger partial charge in [0.15, 0.2) is 0 Å². The normalized spacial score (nSPS) is 18.2. The van der Waals surface area contributed by atoms with Gasteiger partial charge in [0.1, 0.15) is 0 Å². The number of likely N-dealkylation sites (tertiary alicyclic amines) is 1. The zero-order chi connectivity index (χ0) is 15.1. The molecule has 1 aromatic heterocycles. The van der Waals surface area contributed by atoms with Crippen molar-refractivity contribution < 1.29 is 9.90 Å². The third-order valence-corrected chi connectivity index (χ3v) is 3.76. The van der Waals surface area contributed by atoms with Crippen LogP contribution in [0.5, 0.6) is 0 Å². The highest BCUT2D eigenvalue weighted by molar-refractivity contribution is 5.88. The van der Waals surface area contributed by atoms with Gasteiger partial charge in [0.05, 0.1) is 18.0 Å². The van der Waals surface area contributed by atoms with Gasteiger partial charge in [-0.05, 0) is 44.0 Å². The fraction of sp³-hybridized carbons (Fsp3) is 0.600. The van der Waals surface area contributed by atoms with Crippen molar-refractivity contribution >= 4 is 11.7 Å². The van der Waals surface area contributed by atoms with Gasteiger partial charge >= 0.3 is 6.03 Å². The molecule has 2 rings (SSSR count). The van der Waals surface area contributed by atoms with E-state index in [9.17, 15) is 9.90 Å². The highest BCUT2D eigenvalue weighted by Crippen LogP contribution is 2.15. The monoisotopic (exact) mass is 292 g/mol. The lowest BCUT2D eigenvalue weighted by molar-refractivity contribution is 0.0924. The lowest BCUT2D eigenvalue weighted by atomic mass is 9.99. The Morgan fingerprint density at radius 2 is 2.29 bits per heavy atom. The molecule has 0 radical (unpaired) electrons. The Labute approximate surface area is 125 Å². The number of aliphatic hydroxyl groups excluding tert-OH is 1. The molecule has 21 heavy (non-hydrogen) atoms. The van der Waals surface area contributed by atoms with Crippen molar-refractivity contribution in [3.05, 3.63) is 24.5 Å². The Hall–Kier alpha value is -1.66. The second-order valence-electron chi connectivity index (χ2n) is 5.71. The number of anilines is 1. The van der Waals surface area contributed by atoms with Crippen LogP contribution in [0.3, 0.4) is 0 Å². The molecule has 0 bridgehead atoms. The van der Waals surface area contributed by atoms with Crippen molar-refractivity contribution in [2.45, 2.75) is 25.9 Å². The maximum absolute atomic E-state index is 11.7. The number of β-amino-alcohol motifs (C(OH)–C–C–N with tert-alkyl or cyclic N) is 1. The number of nitrogens with one attached hydrogen (secondary N) is 2. The van der Waals surface area contributed by atoms with Crippen LogP contribution in [-0.4, -0.2) is 53.3 Å². The number of aliphatic hydroxyl groups is 1. The van der Waals surface area contributed by atoms with E-state index in [1.807, 2.05) is 0 Å². The summed E-state index contributed by atoms with van der Waals surface area (Å²) in [6.07, 6.45) is 5.04. The minimum Gasteiger partial charge on any atom is -0.390 e. The third kappa shape index (κ3) is 5.69. The van der Waals surface area contributed by atoms with E-state index in [2.05, 4.69) is 27.4 Å². The number of amides is 2. The topological polar surface area (TPSA) is 77.5 Å². The predicted molar refractivity (Wildman–Crippen MR) is 82.1 cm³/mol. The molecule has 1 aromatic rings. The van der Waals surface area contributed by atoms with E-state index >= 15 is 0 Å². The number of hydrogen-bond donors (Lipinski definition) is 3. The smallest absolute Gasteiger partial charge is 0.319 e. The Morgan fingerprint density at radius 3 is 2.95 bits per heavy atom. The summed E-state index contributed by atoms with van der Waals surface area (Å²) in [5.41, 5.74) is 0.634. The molecule has 0 spiro atoms. The van der Waals surface area contributed by atoms with Crippen LogP contribution in [0.1, 0.15) is 19.8 Å². The zero-order valence-electron chi connectivity index (χ0n) is 12.5. The van der Waals surface area contributed by atoms with Gasteiger partial charge in [0.2, 0.25) is 0 Å². The maximum Gasteiger partial charge on any atom is 0.319 e. The van der Waals surface area contributed by atoms with Crippen LogP contribution in [-0.2, 0) is 0 Å².